The van der Waals surface area contributed by atoms with Gasteiger partial charge in [0.15, 0.2) is 0 Å². The van der Waals surface area contributed by atoms with Gasteiger partial charge in [-0.1, -0.05) is 6.07 Å². The largest absolute Gasteiger partial charge is 0.388 e. The van der Waals surface area contributed by atoms with E-state index in [1.54, 1.807) is 13.2 Å². The number of hydrogen-bond donors (Lipinski definition) is 1. The average Bonchev–Trinajstić information content (AvgIpc) is 2.26. The Bertz CT molecular complexity index is 380. The Balaban J connectivity index is 2.67. The number of aliphatic hydroxyl groups is 1. The van der Waals surface area contributed by atoms with Gasteiger partial charge in [0.05, 0.1) is 11.7 Å². The van der Waals surface area contributed by atoms with E-state index >= 15 is 0 Å². The zero-order valence-electron chi connectivity index (χ0n) is 10.3. The predicted molar refractivity (Wildman–Crippen MR) is 74.4 cm³/mol. The molecule has 96 valence electrons. The SMILES string of the molecule is COC(C)(C)CCC(O)c1ccc(F)cc1I. The first kappa shape index (κ1) is 14.9. The summed E-state index contributed by atoms with van der Waals surface area (Å²) < 4.78 is 19.0. The highest BCUT2D eigenvalue weighted by Crippen LogP contribution is 2.27. The van der Waals surface area contributed by atoms with Crippen molar-refractivity contribution in [2.45, 2.75) is 38.4 Å². The lowest BCUT2D eigenvalue weighted by molar-refractivity contribution is 0.00271. The Hall–Kier alpha value is -0.200. The molecule has 0 spiro atoms. The number of methoxy groups -OCH3 is 1. The van der Waals surface area contributed by atoms with Gasteiger partial charge in [0.25, 0.3) is 0 Å². The lowest BCUT2D eigenvalue weighted by Crippen LogP contribution is -2.23. The van der Waals surface area contributed by atoms with Crippen molar-refractivity contribution in [3.63, 3.8) is 0 Å². The van der Waals surface area contributed by atoms with Crippen molar-refractivity contribution in [2.24, 2.45) is 0 Å². The number of aliphatic hydroxyl groups excluding tert-OH is 1. The Morgan fingerprint density at radius 2 is 2.12 bits per heavy atom. The van der Waals surface area contributed by atoms with E-state index in [4.69, 9.17) is 4.74 Å². The average molecular weight is 352 g/mol. The first-order chi connectivity index (χ1) is 7.85. The molecule has 0 aromatic heterocycles. The molecule has 2 nitrogen and oxygen atoms in total. The van der Waals surface area contributed by atoms with Crippen LogP contribution < -0.4 is 0 Å². The second-order valence-corrected chi connectivity index (χ2v) is 5.85. The highest BCUT2D eigenvalue weighted by molar-refractivity contribution is 14.1. The minimum atomic E-state index is -0.572. The molecule has 0 saturated carbocycles. The Labute approximate surface area is 115 Å². The number of halogens is 2. The highest BCUT2D eigenvalue weighted by atomic mass is 127. The predicted octanol–water partition coefficient (Wildman–Crippen LogP) is 3.67. The van der Waals surface area contributed by atoms with Crippen LogP contribution in [0.2, 0.25) is 0 Å². The molecule has 0 fully saturated rings. The number of rotatable bonds is 5. The highest BCUT2D eigenvalue weighted by Gasteiger charge is 2.20. The standard InChI is InChI=1S/C13H18FIO2/c1-13(2,17-3)7-6-12(16)10-5-4-9(14)8-11(10)15/h4-5,8,12,16H,6-7H2,1-3H3. The molecule has 0 amide bonds. The molecule has 0 aliphatic rings. The third-order valence-corrected chi connectivity index (χ3v) is 3.83. The van der Waals surface area contributed by atoms with Crippen LogP contribution in [0.4, 0.5) is 4.39 Å². The maximum absolute atomic E-state index is 12.9. The molecule has 1 unspecified atom stereocenters. The summed E-state index contributed by atoms with van der Waals surface area (Å²) in [5.41, 5.74) is 0.533. The van der Waals surface area contributed by atoms with E-state index in [9.17, 15) is 9.50 Å². The van der Waals surface area contributed by atoms with Crippen LogP contribution in [0.3, 0.4) is 0 Å². The molecule has 1 aromatic carbocycles. The molecule has 0 aliphatic heterocycles. The van der Waals surface area contributed by atoms with Crippen LogP contribution in [-0.2, 0) is 4.74 Å². The van der Waals surface area contributed by atoms with Crippen LogP contribution in [0.25, 0.3) is 0 Å². The first-order valence-electron chi connectivity index (χ1n) is 5.54. The van der Waals surface area contributed by atoms with E-state index in [2.05, 4.69) is 0 Å². The van der Waals surface area contributed by atoms with Crippen LogP contribution in [0, 0.1) is 9.39 Å². The van der Waals surface area contributed by atoms with Crippen molar-refractivity contribution in [3.05, 3.63) is 33.1 Å². The van der Waals surface area contributed by atoms with E-state index in [0.29, 0.717) is 6.42 Å². The molecule has 1 aromatic rings. The summed E-state index contributed by atoms with van der Waals surface area (Å²) in [7, 11) is 1.66. The van der Waals surface area contributed by atoms with Gasteiger partial charge in [0.2, 0.25) is 0 Å². The van der Waals surface area contributed by atoms with Gasteiger partial charge in [-0.15, -0.1) is 0 Å². The van der Waals surface area contributed by atoms with Gasteiger partial charge < -0.3 is 9.84 Å². The van der Waals surface area contributed by atoms with Crippen molar-refractivity contribution >= 4 is 22.6 Å². The molecule has 0 saturated heterocycles. The summed E-state index contributed by atoms with van der Waals surface area (Å²) in [4.78, 5) is 0. The van der Waals surface area contributed by atoms with Crippen LogP contribution in [0.5, 0.6) is 0 Å². The summed E-state index contributed by atoms with van der Waals surface area (Å²) in [6.45, 7) is 3.96. The molecule has 1 atom stereocenters. The molecule has 1 rings (SSSR count). The lowest BCUT2D eigenvalue weighted by Gasteiger charge is -2.24. The van der Waals surface area contributed by atoms with Crippen molar-refractivity contribution in [1.82, 2.24) is 0 Å². The van der Waals surface area contributed by atoms with E-state index in [0.717, 1.165) is 15.6 Å². The molecule has 4 heteroatoms. The molecule has 0 aliphatic carbocycles. The summed E-state index contributed by atoms with van der Waals surface area (Å²) in [5, 5.41) is 10.1. The Kier molecular flexibility index (Phi) is 5.34. The van der Waals surface area contributed by atoms with Crippen LogP contribution in [0.1, 0.15) is 38.4 Å². The topological polar surface area (TPSA) is 29.5 Å². The number of benzene rings is 1. The van der Waals surface area contributed by atoms with Crippen LogP contribution in [-0.4, -0.2) is 17.8 Å². The van der Waals surface area contributed by atoms with Crippen LogP contribution >= 0.6 is 22.6 Å². The second kappa shape index (κ2) is 6.11. The maximum Gasteiger partial charge on any atom is 0.124 e. The van der Waals surface area contributed by atoms with Gasteiger partial charge >= 0.3 is 0 Å². The van der Waals surface area contributed by atoms with E-state index in [1.807, 2.05) is 36.4 Å². The summed E-state index contributed by atoms with van der Waals surface area (Å²) in [6.07, 6.45) is 0.776. The molecule has 0 heterocycles. The summed E-state index contributed by atoms with van der Waals surface area (Å²) in [5.74, 6) is -0.275. The lowest BCUT2D eigenvalue weighted by atomic mass is 9.97. The number of hydrogen-bond acceptors (Lipinski definition) is 2. The minimum absolute atomic E-state index is 0.244. The van der Waals surface area contributed by atoms with Gasteiger partial charge in [0.1, 0.15) is 5.82 Å². The van der Waals surface area contributed by atoms with Gasteiger partial charge in [-0.05, 0) is 67.0 Å². The third-order valence-electron chi connectivity index (χ3n) is 2.89. The molecule has 17 heavy (non-hydrogen) atoms. The molecular weight excluding hydrogens is 334 g/mol. The number of ether oxygens (including phenoxy) is 1. The van der Waals surface area contributed by atoms with E-state index in [1.165, 1.54) is 12.1 Å². The molecule has 0 radical (unpaired) electrons. The summed E-state index contributed by atoms with van der Waals surface area (Å²) in [6, 6.07) is 4.45. The normalized spacial score (nSPS) is 13.8. The monoisotopic (exact) mass is 352 g/mol. The van der Waals surface area contributed by atoms with E-state index in [-0.39, 0.29) is 11.4 Å². The van der Waals surface area contributed by atoms with Crippen molar-refractivity contribution < 1.29 is 14.2 Å². The summed E-state index contributed by atoms with van der Waals surface area (Å²) >= 11 is 2.04. The third kappa shape index (κ3) is 4.52. The molecule has 0 bridgehead atoms. The van der Waals surface area contributed by atoms with Gasteiger partial charge in [0, 0.05) is 10.7 Å². The fourth-order valence-corrected chi connectivity index (χ4v) is 2.35. The van der Waals surface area contributed by atoms with Crippen molar-refractivity contribution in [2.75, 3.05) is 7.11 Å². The minimum Gasteiger partial charge on any atom is -0.388 e. The quantitative estimate of drug-likeness (QED) is 0.820. The Morgan fingerprint density at radius 1 is 1.47 bits per heavy atom. The fraction of sp³-hybridized carbons (Fsp3) is 0.538. The first-order valence-corrected chi connectivity index (χ1v) is 6.62. The van der Waals surface area contributed by atoms with Crippen LogP contribution in [0.15, 0.2) is 18.2 Å². The zero-order chi connectivity index (χ0) is 13.1. The van der Waals surface area contributed by atoms with Crippen molar-refractivity contribution in [3.8, 4) is 0 Å². The van der Waals surface area contributed by atoms with Gasteiger partial charge in [-0.25, -0.2) is 4.39 Å². The Morgan fingerprint density at radius 3 is 2.65 bits per heavy atom. The van der Waals surface area contributed by atoms with Gasteiger partial charge in [-0.3, -0.25) is 0 Å². The molecule has 1 N–H and O–H groups in total. The molecular formula is C13H18FIO2. The zero-order valence-corrected chi connectivity index (χ0v) is 12.5. The van der Waals surface area contributed by atoms with E-state index < -0.39 is 6.10 Å². The van der Waals surface area contributed by atoms with Crippen molar-refractivity contribution in [1.29, 1.82) is 0 Å². The maximum atomic E-state index is 12.9. The fourth-order valence-electron chi connectivity index (χ4n) is 1.51. The smallest absolute Gasteiger partial charge is 0.124 e. The van der Waals surface area contributed by atoms with Gasteiger partial charge in [-0.2, -0.15) is 0 Å². The second-order valence-electron chi connectivity index (χ2n) is 4.68.